The Morgan fingerprint density at radius 3 is 1.75 bits per heavy atom. The Labute approximate surface area is 587 Å². The molecule has 8 aliphatic rings. The zero-order chi connectivity index (χ0) is 72.7. The fourth-order valence-corrected chi connectivity index (χ4v) is 17.6. The van der Waals surface area contributed by atoms with E-state index in [9.17, 15) is 46.7 Å². The summed E-state index contributed by atoms with van der Waals surface area (Å²) in [6.07, 6.45) is 4.58. The number of likely N-dealkylation sites (N-methyl/N-ethyl adjacent to an activating group) is 6. The molecule has 4 saturated heterocycles. The van der Waals surface area contributed by atoms with Gasteiger partial charge in [-0.2, -0.15) is 13.2 Å². The molecule has 8 rings (SSSR count). The van der Waals surface area contributed by atoms with Crippen molar-refractivity contribution in [3.63, 3.8) is 0 Å². The van der Waals surface area contributed by atoms with E-state index in [0.29, 0.717) is 77.3 Å². The highest BCUT2D eigenvalue weighted by molar-refractivity contribution is 6.21. The lowest BCUT2D eigenvalue weighted by molar-refractivity contribution is -0.182. The van der Waals surface area contributed by atoms with Crippen LogP contribution in [0.25, 0.3) is 0 Å². The van der Waals surface area contributed by atoms with E-state index in [1.54, 1.807) is 11.8 Å². The van der Waals surface area contributed by atoms with Crippen LogP contribution in [0.5, 0.6) is 0 Å². The van der Waals surface area contributed by atoms with Crippen LogP contribution in [0.15, 0.2) is 0 Å². The molecule has 12 amide bonds. The molecule has 99 heavy (non-hydrogen) atoms. The lowest BCUT2D eigenvalue weighted by Gasteiger charge is -2.45. The molecule has 3 unspecified atom stereocenters. The average Bonchev–Trinajstić information content (AvgIpc) is 1.76. The molecule has 556 valence electrons. The first kappa shape index (κ1) is 78.4. The number of nitrogens with one attached hydrogen (secondary N) is 3. The molecule has 0 aromatic heterocycles. The smallest absolute Gasteiger partial charge is 0.343 e. The van der Waals surface area contributed by atoms with Crippen LogP contribution >= 0.6 is 11.6 Å². The molecular weight excluding hydrogens is 1310 g/mol. The average molecular weight is 1420 g/mol. The lowest BCUT2D eigenvalue weighted by Crippen LogP contribution is -2.65. The van der Waals surface area contributed by atoms with Gasteiger partial charge >= 0.3 is 6.18 Å². The molecule has 28 heteroatoms. The van der Waals surface area contributed by atoms with Crippen molar-refractivity contribution in [1.82, 2.24) is 60.0 Å². The van der Waals surface area contributed by atoms with Crippen LogP contribution in [0.4, 0.5) is 13.2 Å². The molecule has 24 nitrogen and oxygen atoms in total. The number of nitrogens with zero attached hydrogens (tertiary/aromatic N) is 9. The Bertz CT molecular complexity index is 2960. The van der Waals surface area contributed by atoms with E-state index >= 15 is 24.0 Å². The quantitative estimate of drug-likeness (QED) is 0.230. The van der Waals surface area contributed by atoms with E-state index in [4.69, 9.17) is 11.6 Å². The van der Waals surface area contributed by atoms with Crippen LogP contribution in [0.1, 0.15) is 195 Å². The second-order valence-corrected chi connectivity index (χ2v) is 31.3. The maximum absolute atomic E-state index is 15.7. The number of halogens is 4. The van der Waals surface area contributed by atoms with Gasteiger partial charge in [0.25, 0.3) is 0 Å². The summed E-state index contributed by atoms with van der Waals surface area (Å²) in [5.41, 5.74) is -1.54. The number of likely N-dealkylation sites (tertiary alicyclic amines) is 1. The summed E-state index contributed by atoms with van der Waals surface area (Å²) in [4.78, 5) is 192. The number of carbonyl (C=O) groups excluding carboxylic acids is 12. The lowest BCUT2D eigenvalue weighted by atomic mass is 9.78. The highest BCUT2D eigenvalue weighted by atomic mass is 35.5. The Balaban J connectivity index is 1.16. The predicted molar refractivity (Wildman–Crippen MR) is 363 cm³/mol. The molecule has 4 aliphatic carbocycles. The summed E-state index contributed by atoms with van der Waals surface area (Å²) in [6.45, 7) is 9.35. The van der Waals surface area contributed by atoms with Crippen molar-refractivity contribution >= 4 is 82.5 Å². The number of alkyl halides is 4. The first-order valence-electron chi connectivity index (χ1n) is 36.8. The normalized spacial score (nSPS) is 31.9. The monoisotopic (exact) mass is 1420 g/mol. The van der Waals surface area contributed by atoms with Crippen molar-refractivity contribution in [3.8, 4) is 0 Å². The fourth-order valence-electron chi connectivity index (χ4n) is 17.1. The zero-order valence-electron chi connectivity index (χ0n) is 60.4. The van der Waals surface area contributed by atoms with E-state index in [-0.39, 0.29) is 101 Å². The van der Waals surface area contributed by atoms with Gasteiger partial charge in [-0.1, -0.05) is 72.6 Å². The fraction of sp³-hybridized carbons (Fsp3) is 0.831. The van der Waals surface area contributed by atoms with Crippen LogP contribution in [0.3, 0.4) is 0 Å². The SMILES string of the molecule is CC[C@H](C)[C@@H]1NC(=O)[C@H](CC(C)C)N(C)C(=O)C[C@@H](C(=O)N2CCCC2)N(C)C(=O)[C@H](C2CCCC2)N(C)C(=O)C2(CCCC2)NC(=O)[C@@H]2CCCN2C(=O)[C@H](CCC2CCC(C(F)(F)F)C(Cl)C2)NC(=O)CN(C)C(=O)[C@H](C2CCCC2)N(C)C(=O)[C@@H]2CCN2C(=O)[C@H](C)N(C)C1=O. The number of rotatable bonds is 10. The molecule has 13 atom stereocenters. The van der Waals surface area contributed by atoms with E-state index in [1.165, 1.54) is 88.4 Å². The van der Waals surface area contributed by atoms with Crippen LogP contribution < -0.4 is 16.0 Å². The Kier molecular flexibility index (Phi) is 26.7. The minimum Gasteiger partial charge on any atom is -0.343 e. The van der Waals surface area contributed by atoms with Gasteiger partial charge in [0.05, 0.1) is 18.9 Å². The van der Waals surface area contributed by atoms with Gasteiger partial charge in [0.2, 0.25) is 70.9 Å². The van der Waals surface area contributed by atoms with Crippen molar-refractivity contribution in [2.75, 3.05) is 75.0 Å². The first-order chi connectivity index (χ1) is 46.7. The Morgan fingerprint density at radius 2 is 1.19 bits per heavy atom. The summed E-state index contributed by atoms with van der Waals surface area (Å²) < 4.78 is 42.0. The second kappa shape index (κ2) is 33.7. The highest BCUT2D eigenvalue weighted by Gasteiger charge is 2.53. The van der Waals surface area contributed by atoms with Gasteiger partial charge in [0.1, 0.15) is 59.9 Å². The van der Waals surface area contributed by atoms with Crippen molar-refractivity contribution < 1.29 is 70.7 Å². The van der Waals surface area contributed by atoms with Gasteiger partial charge in [-0.3, -0.25) is 57.5 Å². The molecule has 8 fully saturated rings. The van der Waals surface area contributed by atoms with Gasteiger partial charge in [0, 0.05) is 73.8 Å². The molecule has 0 radical (unpaired) electrons. The number of amides is 12. The van der Waals surface area contributed by atoms with Crippen LogP contribution in [-0.4, -0.2) is 261 Å². The van der Waals surface area contributed by atoms with Crippen molar-refractivity contribution in [3.05, 3.63) is 0 Å². The van der Waals surface area contributed by atoms with Crippen LogP contribution in [-0.2, 0) is 57.5 Å². The minimum atomic E-state index is -4.50. The van der Waals surface area contributed by atoms with E-state index in [0.717, 1.165) is 25.7 Å². The summed E-state index contributed by atoms with van der Waals surface area (Å²) in [6, 6.07) is -10.6. The summed E-state index contributed by atoms with van der Waals surface area (Å²) >= 11 is 6.40. The number of carbonyl (C=O) groups is 12. The molecule has 4 heterocycles. The molecule has 0 aromatic rings. The Hall–Kier alpha value is -6.28. The third kappa shape index (κ3) is 17.8. The van der Waals surface area contributed by atoms with Gasteiger partial charge in [-0.05, 0) is 146 Å². The molecule has 4 aliphatic heterocycles. The molecule has 1 spiro atoms. The van der Waals surface area contributed by atoms with Crippen molar-refractivity contribution in [2.24, 2.45) is 35.5 Å². The summed E-state index contributed by atoms with van der Waals surface area (Å²) in [7, 11) is 8.79. The summed E-state index contributed by atoms with van der Waals surface area (Å²) in [5.74, 6) is -10.6. The van der Waals surface area contributed by atoms with Crippen LogP contribution in [0.2, 0.25) is 0 Å². The zero-order valence-corrected chi connectivity index (χ0v) is 61.1. The van der Waals surface area contributed by atoms with Gasteiger partial charge in [-0.15, -0.1) is 11.6 Å². The van der Waals surface area contributed by atoms with Crippen molar-refractivity contribution in [1.29, 1.82) is 0 Å². The standard InChI is InChI=1S/C71H112ClF3N12O12/c1-12-43(4)57-66(96)80(7)44(5)62(92)87-37-31-52(87)64(94)83(10)58(46-22-13-14-23-46)67(97)79(6)41-55(88)76-50(30-28-45-27-29-48(49(72)39-45)71(73,74)75)63(93)86-36-21-26-51(86)61(91)78-70(32-17-18-33-70)69(99)84(11)59(47-24-15-16-25-47)68(98)82(9)54(65(95)85-34-19-20-35-85)40-56(89)81(8)53(38-42(2)3)60(90)77-57/h42-54,57-59H,12-41H2,1-11H3,(H,76,88)(H,77,90)(H,78,91)/t43-,44-,45?,48?,49?,50-,51-,52-,53-,54-,57-,58-,59-/m0/s1. The minimum absolute atomic E-state index is 0.00512. The third-order valence-corrected chi connectivity index (χ3v) is 24.2. The largest absolute Gasteiger partial charge is 0.393 e. The molecule has 0 bridgehead atoms. The van der Waals surface area contributed by atoms with Gasteiger partial charge in [0.15, 0.2) is 0 Å². The Morgan fingerprint density at radius 1 is 0.596 bits per heavy atom. The van der Waals surface area contributed by atoms with E-state index in [2.05, 4.69) is 16.0 Å². The van der Waals surface area contributed by atoms with E-state index < -0.39 is 167 Å². The second-order valence-electron chi connectivity index (χ2n) is 30.7. The number of hydrogen-bond donors (Lipinski definition) is 3. The van der Waals surface area contributed by atoms with Crippen molar-refractivity contribution in [2.45, 2.75) is 267 Å². The number of hydrogen-bond acceptors (Lipinski definition) is 12. The topological polar surface area (TPSA) is 270 Å². The van der Waals surface area contributed by atoms with E-state index in [1.807, 2.05) is 20.8 Å². The number of fused-ring (bicyclic) bond motifs is 2. The molecular formula is C71H112ClF3N12O12. The molecule has 3 N–H and O–H groups in total. The van der Waals surface area contributed by atoms with Crippen LogP contribution in [0, 0.1) is 35.5 Å². The summed E-state index contributed by atoms with van der Waals surface area (Å²) in [5, 5.41) is 7.66. The third-order valence-electron chi connectivity index (χ3n) is 23.7. The maximum atomic E-state index is 15.7. The first-order valence-corrected chi connectivity index (χ1v) is 37.3. The van der Waals surface area contributed by atoms with Gasteiger partial charge < -0.3 is 60.0 Å². The predicted octanol–water partition coefficient (Wildman–Crippen LogP) is 5.46. The van der Waals surface area contributed by atoms with Gasteiger partial charge in [-0.25, -0.2) is 0 Å². The molecule has 4 saturated carbocycles. The molecule has 0 aromatic carbocycles. The maximum Gasteiger partial charge on any atom is 0.393 e. The highest BCUT2D eigenvalue weighted by Crippen LogP contribution is 2.44.